The van der Waals surface area contributed by atoms with Crippen LogP contribution >= 0.6 is 0 Å². The van der Waals surface area contributed by atoms with E-state index in [2.05, 4.69) is 10.6 Å². The van der Waals surface area contributed by atoms with E-state index in [-0.39, 0.29) is 12.2 Å². The Hall–Kier alpha value is -1.63. The molecule has 0 bridgehead atoms. The predicted molar refractivity (Wildman–Crippen MR) is 65.6 cm³/mol. The molecule has 0 radical (unpaired) electrons. The summed E-state index contributed by atoms with van der Waals surface area (Å²) in [6.45, 7) is 0.750. The van der Waals surface area contributed by atoms with E-state index in [1.807, 2.05) is 0 Å². The molecule has 0 unspecified atom stereocenters. The van der Waals surface area contributed by atoms with Crippen molar-refractivity contribution in [1.29, 1.82) is 0 Å². The molecule has 1 aromatic carbocycles. The van der Waals surface area contributed by atoms with Gasteiger partial charge in [-0.2, -0.15) is 13.2 Å². The lowest BCUT2D eigenvalue weighted by Crippen LogP contribution is -2.29. The van der Waals surface area contributed by atoms with Gasteiger partial charge in [0.15, 0.2) is 0 Å². The second kappa shape index (κ2) is 5.78. The molecule has 1 aliphatic rings. The van der Waals surface area contributed by atoms with Gasteiger partial charge in [-0.25, -0.2) is 4.39 Å². The average molecular weight is 290 g/mol. The molecule has 0 aromatic heterocycles. The van der Waals surface area contributed by atoms with Crippen LogP contribution in [-0.4, -0.2) is 19.0 Å². The quantitative estimate of drug-likeness (QED) is 0.819. The number of hydrogen-bond donors (Lipinski definition) is 2. The Bertz CT molecular complexity index is 498. The molecule has 2 N–H and O–H groups in total. The molecule has 3 nitrogen and oxygen atoms in total. The SMILES string of the molecule is O=C(CNCC1CC1)Nc1ccc(F)c(C(F)(F)F)c1. The summed E-state index contributed by atoms with van der Waals surface area (Å²) < 4.78 is 50.6. The molecular weight excluding hydrogens is 276 g/mol. The van der Waals surface area contributed by atoms with E-state index in [0.717, 1.165) is 25.5 Å². The van der Waals surface area contributed by atoms with Crippen LogP contribution in [0.1, 0.15) is 18.4 Å². The van der Waals surface area contributed by atoms with Crippen LogP contribution < -0.4 is 10.6 Å². The first-order valence-corrected chi connectivity index (χ1v) is 6.23. The van der Waals surface area contributed by atoms with Crippen LogP contribution in [-0.2, 0) is 11.0 Å². The van der Waals surface area contributed by atoms with Gasteiger partial charge in [0.25, 0.3) is 0 Å². The lowest BCUT2D eigenvalue weighted by Gasteiger charge is -2.11. The lowest BCUT2D eigenvalue weighted by atomic mass is 10.2. The number of carbonyl (C=O) groups is 1. The Morgan fingerprint density at radius 3 is 2.60 bits per heavy atom. The van der Waals surface area contributed by atoms with Crippen LogP contribution in [0.3, 0.4) is 0 Å². The largest absolute Gasteiger partial charge is 0.419 e. The topological polar surface area (TPSA) is 41.1 Å². The minimum absolute atomic E-state index is 0.0230. The van der Waals surface area contributed by atoms with Crippen molar-refractivity contribution in [1.82, 2.24) is 5.32 Å². The van der Waals surface area contributed by atoms with Gasteiger partial charge in [0.2, 0.25) is 5.91 Å². The molecule has 2 rings (SSSR count). The highest BCUT2D eigenvalue weighted by atomic mass is 19.4. The van der Waals surface area contributed by atoms with Gasteiger partial charge in [-0.3, -0.25) is 4.79 Å². The Morgan fingerprint density at radius 2 is 2.00 bits per heavy atom. The summed E-state index contributed by atoms with van der Waals surface area (Å²) in [5, 5.41) is 5.22. The summed E-state index contributed by atoms with van der Waals surface area (Å²) in [6, 6.07) is 2.38. The van der Waals surface area contributed by atoms with Gasteiger partial charge in [-0.15, -0.1) is 0 Å². The first kappa shape index (κ1) is 14.8. The van der Waals surface area contributed by atoms with Crippen molar-refractivity contribution in [3.63, 3.8) is 0 Å². The number of rotatable bonds is 5. The van der Waals surface area contributed by atoms with Crippen LogP contribution in [0.2, 0.25) is 0 Å². The molecule has 0 aliphatic heterocycles. The third kappa shape index (κ3) is 4.19. The van der Waals surface area contributed by atoms with E-state index in [9.17, 15) is 22.4 Å². The molecule has 110 valence electrons. The van der Waals surface area contributed by atoms with Crippen LogP contribution in [0.25, 0.3) is 0 Å². The number of hydrogen-bond acceptors (Lipinski definition) is 2. The van der Waals surface area contributed by atoms with E-state index >= 15 is 0 Å². The maximum atomic E-state index is 13.1. The van der Waals surface area contributed by atoms with Crippen molar-refractivity contribution >= 4 is 11.6 Å². The van der Waals surface area contributed by atoms with E-state index in [1.165, 1.54) is 0 Å². The second-order valence-electron chi connectivity index (χ2n) is 4.81. The van der Waals surface area contributed by atoms with E-state index in [4.69, 9.17) is 0 Å². The highest BCUT2D eigenvalue weighted by Gasteiger charge is 2.34. The fourth-order valence-corrected chi connectivity index (χ4v) is 1.74. The van der Waals surface area contributed by atoms with Crippen molar-refractivity contribution < 1.29 is 22.4 Å². The number of alkyl halides is 3. The zero-order chi connectivity index (χ0) is 14.8. The maximum absolute atomic E-state index is 13.1. The molecule has 0 spiro atoms. The Kier molecular flexibility index (Phi) is 4.27. The molecule has 1 amide bonds. The van der Waals surface area contributed by atoms with Crippen molar-refractivity contribution in [2.75, 3.05) is 18.4 Å². The summed E-state index contributed by atoms with van der Waals surface area (Å²) >= 11 is 0. The molecule has 0 atom stereocenters. The first-order chi connectivity index (χ1) is 9.36. The van der Waals surface area contributed by atoms with Crippen molar-refractivity contribution in [2.45, 2.75) is 19.0 Å². The van der Waals surface area contributed by atoms with Crippen LogP contribution in [0.15, 0.2) is 18.2 Å². The number of anilines is 1. The van der Waals surface area contributed by atoms with Crippen LogP contribution in [0.5, 0.6) is 0 Å². The summed E-state index contributed by atoms with van der Waals surface area (Å²) in [7, 11) is 0. The van der Waals surface area contributed by atoms with Gasteiger partial charge in [-0.1, -0.05) is 0 Å². The van der Waals surface area contributed by atoms with Gasteiger partial charge in [0, 0.05) is 5.69 Å². The predicted octanol–water partition coefficient (Wildman–Crippen LogP) is 2.78. The normalized spacial score (nSPS) is 15.2. The minimum Gasteiger partial charge on any atom is -0.325 e. The number of carbonyl (C=O) groups excluding carboxylic acids is 1. The van der Waals surface area contributed by atoms with Gasteiger partial charge in [0.1, 0.15) is 5.82 Å². The zero-order valence-corrected chi connectivity index (χ0v) is 10.6. The molecule has 0 heterocycles. The van der Waals surface area contributed by atoms with E-state index < -0.39 is 23.5 Å². The molecule has 20 heavy (non-hydrogen) atoms. The zero-order valence-electron chi connectivity index (χ0n) is 10.6. The standard InChI is InChI=1S/C13H14F4N2O/c14-11-4-3-9(5-10(11)13(15,16)17)19-12(20)7-18-6-8-1-2-8/h3-5,8,18H,1-2,6-7H2,(H,19,20). The highest BCUT2D eigenvalue weighted by Crippen LogP contribution is 2.33. The third-order valence-corrected chi connectivity index (χ3v) is 2.97. The van der Waals surface area contributed by atoms with Crippen LogP contribution in [0.4, 0.5) is 23.2 Å². The summed E-state index contributed by atoms with van der Waals surface area (Å²) in [4.78, 5) is 11.5. The Balaban J connectivity index is 1.92. The number of amides is 1. The summed E-state index contributed by atoms with van der Waals surface area (Å²) in [6.07, 6.45) is -2.50. The van der Waals surface area contributed by atoms with Crippen molar-refractivity contribution in [3.05, 3.63) is 29.6 Å². The number of nitrogens with one attached hydrogen (secondary N) is 2. The molecule has 0 saturated heterocycles. The average Bonchev–Trinajstić information content (AvgIpc) is 3.14. The minimum atomic E-state index is -4.78. The second-order valence-corrected chi connectivity index (χ2v) is 4.81. The fourth-order valence-electron chi connectivity index (χ4n) is 1.74. The Morgan fingerprint density at radius 1 is 1.30 bits per heavy atom. The molecule has 1 aliphatic carbocycles. The third-order valence-electron chi connectivity index (χ3n) is 2.97. The fraction of sp³-hybridized carbons (Fsp3) is 0.462. The smallest absolute Gasteiger partial charge is 0.325 e. The van der Waals surface area contributed by atoms with Gasteiger partial charge >= 0.3 is 6.18 Å². The molecule has 1 aromatic rings. The van der Waals surface area contributed by atoms with Gasteiger partial charge in [-0.05, 0) is 43.5 Å². The highest BCUT2D eigenvalue weighted by molar-refractivity contribution is 5.92. The monoisotopic (exact) mass is 290 g/mol. The Labute approximate surface area is 113 Å². The molecular formula is C13H14F4N2O. The van der Waals surface area contributed by atoms with E-state index in [1.54, 1.807) is 0 Å². The van der Waals surface area contributed by atoms with Crippen LogP contribution in [0, 0.1) is 11.7 Å². The maximum Gasteiger partial charge on any atom is 0.419 e. The van der Waals surface area contributed by atoms with E-state index in [0.29, 0.717) is 18.1 Å². The summed E-state index contributed by atoms with van der Waals surface area (Å²) in [5.74, 6) is -1.21. The lowest BCUT2D eigenvalue weighted by molar-refractivity contribution is -0.140. The van der Waals surface area contributed by atoms with Crippen molar-refractivity contribution in [2.24, 2.45) is 5.92 Å². The van der Waals surface area contributed by atoms with Gasteiger partial charge in [0.05, 0.1) is 12.1 Å². The van der Waals surface area contributed by atoms with Gasteiger partial charge < -0.3 is 10.6 Å². The number of halogens is 4. The summed E-state index contributed by atoms with van der Waals surface area (Å²) in [5.41, 5.74) is -1.46. The number of benzene rings is 1. The molecule has 1 saturated carbocycles. The molecule has 1 fully saturated rings. The molecule has 7 heteroatoms. The first-order valence-electron chi connectivity index (χ1n) is 6.23. The van der Waals surface area contributed by atoms with Crippen molar-refractivity contribution in [3.8, 4) is 0 Å².